The Hall–Kier alpha value is -2.05. The molecule has 2 heterocycles. The fraction of sp³-hybridized carbons (Fsp3) is 0.714. The van der Waals surface area contributed by atoms with Crippen LogP contribution in [-0.4, -0.2) is 21.2 Å². The van der Waals surface area contributed by atoms with Crippen LogP contribution >= 0.6 is 0 Å². The molecule has 0 aromatic carbocycles. The van der Waals surface area contributed by atoms with E-state index in [1.165, 1.54) is 10.8 Å². The number of aryl methyl sites for hydroxylation is 1. The molecule has 1 unspecified atom stereocenters. The van der Waals surface area contributed by atoms with Gasteiger partial charge >= 0.3 is 5.69 Å². The summed E-state index contributed by atoms with van der Waals surface area (Å²) in [4.78, 5) is 28.8. The van der Waals surface area contributed by atoms with E-state index in [-0.39, 0.29) is 5.92 Å². The zero-order chi connectivity index (χ0) is 16.5. The Morgan fingerprint density at radius 3 is 2.64 bits per heavy atom. The summed E-state index contributed by atoms with van der Waals surface area (Å²) in [5.74, 6) is -0.0393. The summed E-state index contributed by atoms with van der Waals surface area (Å²) in [5.41, 5.74) is 7.82. The second kappa shape index (κ2) is 5.98. The van der Waals surface area contributed by atoms with Gasteiger partial charge in [0.15, 0.2) is 0 Å². The van der Waals surface area contributed by atoms with Crippen LogP contribution in [0.4, 0.5) is 0 Å². The van der Waals surface area contributed by atoms with Crippen LogP contribution in [0.3, 0.4) is 0 Å². The van der Waals surface area contributed by atoms with Gasteiger partial charge < -0.3 is 4.74 Å². The van der Waals surface area contributed by atoms with E-state index < -0.39 is 29.1 Å². The maximum Gasteiger partial charge on any atom is 0.330 e. The Labute approximate surface area is 127 Å². The summed E-state index contributed by atoms with van der Waals surface area (Å²) in [6.45, 7) is 7.60. The number of ether oxygens (including phenoxy) is 1. The largest absolute Gasteiger partial charge is 0.351 e. The highest BCUT2D eigenvalue weighted by Crippen LogP contribution is 2.46. The molecule has 1 fully saturated rings. The van der Waals surface area contributed by atoms with Crippen molar-refractivity contribution in [2.24, 2.45) is 11.0 Å². The predicted molar refractivity (Wildman–Crippen MR) is 81.6 cm³/mol. The van der Waals surface area contributed by atoms with Gasteiger partial charge in [-0.15, -0.1) is 0 Å². The average Bonchev–Trinajstić information content (AvgIpc) is 2.77. The highest BCUT2D eigenvalue weighted by Gasteiger charge is 2.51. The molecule has 1 aliphatic heterocycles. The van der Waals surface area contributed by atoms with Gasteiger partial charge in [-0.25, -0.2) is 4.79 Å². The van der Waals surface area contributed by atoms with E-state index in [9.17, 15) is 9.59 Å². The summed E-state index contributed by atoms with van der Waals surface area (Å²) in [5, 5.41) is 3.85. The number of hydrogen-bond donors (Lipinski definition) is 1. The van der Waals surface area contributed by atoms with Gasteiger partial charge in [0.2, 0.25) is 0 Å². The van der Waals surface area contributed by atoms with Gasteiger partial charge in [0, 0.05) is 16.7 Å². The van der Waals surface area contributed by atoms with Gasteiger partial charge in [0.1, 0.15) is 6.23 Å². The lowest BCUT2D eigenvalue weighted by molar-refractivity contribution is -0.0900. The summed E-state index contributed by atoms with van der Waals surface area (Å²) in [7, 11) is 0. The highest BCUT2D eigenvalue weighted by molar-refractivity contribution is 5.06. The Bertz CT molecular complexity index is 712. The van der Waals surface area contributed by atoms with Crippen LogP contribution in [0.15, 0.2) is 20.9 Å². The summed E-state index contributed by atoms with van der Waals surface area (Å²) >= 11 is 0. The van der Waals surface area contributed by atoms with E-state index in [4.69, 9.17) is 10.3 Å². The van der Waals surface area contributed by atoms with E-state index in [1.54, 1.807) is 6.92 Å². The molecule has 2 rings (SSSR count). The lowest BCUT2D eigenvalue weighted by atomic mass is 9.82. The average molecular weight is 307 g/mol. The van der Waals surface area contributed by atoms with Crippen LogP contribution in [0.1, 0.15) is 45.4 Å². The third-order valence-corrected chi connectivity index (χ3v) is 4.79. The van der Waals surface area contributed by atoms with Crippen molar-refractivity contribution < 1.29 is 4.74 Å². The number of aromatic nitrogens is 2. The maximum absolute atomic E-state index is 12.1. The molecule has 0 saturated carbocycles. The SMILES string of the molecule is CCC1(CC)O[C@@H](n2cc(C)c(=O)[nH]c2=O)C(N=[N+]=[N-])[C@H]1C. The van der Waals surface area contributed by atoms with Crippen LogP contribution in [0.5, 0.6) is 0 Å². The molecular weight excluding hydrogens is 286 g/mol. The number of nitrogens with one attached hydrogen (secondary N) is 1. The topological polar surface area (TPSA) is 113 Å². The molecule has 1 aromatic rings. The second-order valence-electron chi connectivity index (χ2n) is 5.74. The van der Waals surface area contributed by atoms with Crippen molar-refractivity contribution in [3.63, 3.8) is 0 Å². The predicted octanol–water partition coefficient (Wildman–Crippen LogP) is 2.25. The molecule has 8 heteroatoms. The van der Waals surface area contributed by atoms with Gasteiger partial charge in [-0.3, -0.25) is 14.3 Å². The number of azide groups is 1. The molecule has 22 heavy (non-hydrogen) atoms. The first-order valence-corrected chi connectivity index (χ1v) is 7.44. The van der Waals surface area contributed by atoms with E-state index in [1.807, 2.05) is 20.8 Å². The van der Waals surface area contributed by atoms with Crippen LogP contribution < -0.4 is 11.2 Å². The lowest BCUT2D eigenvalue weighted by Crippen LogP contribution is -2.36. The smallest absolute Gasteiger partial charge is 0.330 e. The van der Waals surface area contributed by atoms with Crippen LogP contribution in [0, 0.1) is 12.8 Å². The molecule has 0 radical (unpaired) electrons. The Morgan fingerprint density at radius 2 is 2.09 bits per heavy atom. The first-order valence-electron chi connectivity index (χ1n) is 7.44. The Kier molecular flexibility index (Phi) is 4.44. The van der Waals surface area contributed by atoms with Crippen molar-refractivity contribution in [1.82, 2.24) is 9.55 Å². The van der Waals surface area contributed by atoms with Crippen molar-refractivity contribution in [2.45, 2.75) is 58.4 Å². The number of hydrogen-bond acceptors (Lipinski definition) is 4. The van der Waals surface area contributed by atoms with Crippen molar-refractivity contribution in [3.8, 4) is 0 Å². The minimum absolute atomic E-state index is 0.0393. The van der Waals surface area contributed by atoms with Crippen molar-refractivity contribution >= 4 is 0 Å². The molecule has 1 N–H and O–H groups in total. The van der Waals surface area contributed by atoms with Crippen molar-refractivity contribution in [1.29, 1.82) is 0 Å². The first-order chi connectivity index (χ1) is 10.4. The quantitative estimate of drug-likeness (QED) is 0.522. The zero-order valence-electron chi connectivity index (χ0n) is 13.2. The van der Waals surface area contributed by atoms with Crippen molar-refractivity contribution in [2.75, 3.05) is 0 Å². The van der Waals surface area contributed by atoms with E-state index in [0.717, 1.165) is 12.8 Å². The van der Waals surface area contributed by atoms with Crippen LogP contribution in [0.25, 0.3) is 10.4 Å². The second-order valence-corrected chi connectivity index (χ2v) is 5.74. The van der Waals surface area contributed by atoms with Crippen molar-refractivity contribution in [3.05, 3.63) is 43.0 Å². The summed E-state index contributed by atoms with van der Waals surface area (Å²) in [6.07, 6.45) is 2.24. The fourth-order valence-electron chi connectivity index (χ4n) is 3.25. The zero-order valence-corrected chi connectivity index (χ0v) is 13.2. The fourth-order valence-corrected chi connectivity index (χ4v) is 3.25. The number of H-pyrrole nitrogens is 1. The van der Waals surface area contributed by atoms with Gasteiger partial charge in [-0.1, -0.05) is 25.9 Å². The molecule has 0 aliphatic carbocycles. The summed E-state index contributed by atoms with van der Waals surface area (Å²) in [6, 6.07) is -0.507. The highest BCUT2D eigenvalue weighted by atomic mass is 16.5. The molecule has 1 saturated heterocycles. The molecular formula is C14H21N5O3. The molecule has 1 aromatic heterocycles. The molecule has 8 nitrogen and oxygen atoms in total. The van der Waals surface area contributed by atoms with Crippen LogP contribution in [0.2, 0.25) is 0 Å². The van der Waals surface area contributed by atoms with E-state index in [0.29, 0.717) is 5.56 Å². The third-order valence-electron chi connectivity index (χ3n) is 4.79. The summed E-state index contributed by atoms with van der Waals surface area (Å²) < 4.78 is 7.48. The molecule has 3 atom stereocenters. The van der Waals surface area contributed by atoms with Gasteiger partial charge in [-0.05, 0) is 31.2 Å². The molecule has 120 valence electrons. The Morgan fingerprint density at radius 1 is 1.45 bits per heavy atom. The lowest BCUT2D eigenvalue weighted by Gasteiger charge is -2.31. The molecule has 0 bridgehead atoms. The number of aromatic amines is 1. The van der Waals surface area contributed by atoms with E-state index in [2.05, 4.69) is 15.0 Å². The van der Waals surface area contributed by atoms with Gasteiger partial charge in [0.05, 0.1) is 11.6 Å². The number of rotatable bonds is 4. The minimum atomic E-state index is -0.714. The Balaban J connectivity index is 2.58. The number of nitrogens with zero attached hydrogens (tertiary/aromatic N) is 4. The van der Waals surface area contributed by atoms with Crippen LogP contribution in [-0.2, 0) is 4.74 Å². The minimum Gasteiger partial charge on any atom is -0.351 e. The first kappa shape index (κ1) is 16.3. The van der Waals surface area contributed by atoms with E-state index >= 15 is 0 Å². The molecule has 0 spiro atoms. The standard InChI is InChI=1S/C14H21N5O3/c1-5-14(6-2)9(4)10(17-18-15)12(22-14)19-7-8(3)11(20)16-13(19)21/h7,9-10,12H,5-6H2,1-4H3,(H,16,20,21)/t9-,10?,12-/m1/s1. The van der Waals surface area contributed by atoms with Gasteiger partial charge in [0.25, 0.3) is 5.56 Å². The monoisotopic (exact) mass is 307 g/mol. The molecule has 0 amide bonds. The molecule has 1 aliphatic rings. The maximum atomic E-state index is 12.1. The van der Waals surface area contributed by atoms with Gasteiger partial charge in [-0.2, -0.15) is 0 Å². The third kappa shape index (κ3) is 2.44. The normalized spacial score (nSPS) is 26.6.